The van der Waals surface area contributed by atoms with Crippen molar-refractivity contribution in [2.75, 3.05) is 18.1 Å². The van der Waals surface area contributed by atoms with E-state index in [1.165, 1.54) is 4.90 Å². The van der Waals surface area contributed by atoms with Crippen LogP contribution >= 0.6 is 23.4 Å². The summed E-state index contributed by atoms with van der Waals surface area (Å²) in [7, 11) is 0. The monoisotopic (exact) mass is 481 g/mol. The third-order valence-corrected chi connectivity index (χ3v) is 6.20. The number of hydrogen-bond donors (Lipinski definition) is 2. The highest BCUT2D eigenvalue weighted by Crippen LogP contribution is 2.31. The van der Waals surface area contributed by atoms with Crippen molar-refractivity contribution in [3.8, 4) is 5.75 Å². The van der Waals surface area contributed by atoms with E-state index >= 15 is 0 Å². The molecule has 0 saturated carbocycles. The van der Waals surface area contributed by atoms with E-state index in [1.54, 1.807) is 48.2 Å². The Balaban J connectivity index is 1.27. The first-order valence-corrected chi connectivity index (χ1v) is 11.4. The standard InChI is InChI=1S/C24H20ClN3O4S/c25-18-9-11-19(12-10-18)33-15-16-5-7-17(8-6-16)24(31)27-26-22(29)13-28-20-3-1-2-4-21(20)32-14-23(28)30/h1-12H,13-15H2,(H,26,29)(H,27,31). The molecule has 0 spiro atoms. The summed E-state index contributed by atoms with van der Waals surface area (Å²) in [6.45, 7) is -0.375. The lowest BCUT2D eigenvalue weighted by Crippen LogP contribution is -2.49. The predicted octanol–water partition coefficient (Wildman–Crippen LogP) is 3.82. The molecular formula is C24H20ClN3O4S. The van der Waals surface area contributed by atoms with Crippen molar-refractivity contribution in [2.45, 2.75) is 10.6 Å². The second-order valence-corrected chi connectivity index (χ2v) is 8.66. The van der Waals surface area contributed by atoms with Crippen molar-refractivity contribution in [3.63, 3.8) is 0 Å². The molecule has 1 aliphatic rings. The first-order chi connectivity index (χ1) is 16.0. The quantitative estimate of drug-likeness (QED) is 0.413. The molecule has 0 unspecified atom stereocenters. The van der Waals surface area contributed by atoms with E-state index in [0.717, 1.165) is 16.2 Å². The normalized spacial score (nSPS) is 12.5. The fourth-order valence-corrected chi connectivity index (χ4v) is 4.14. The molecule has 0 atom stereocenters. The lowest BCUT2D eigenvalue weighted by atomic mass is 10.1. The highest BCUT2D eigenvalue weighted by molar-refractivity contribution is 7.98. The van der Waals surface area contributed by atoms with Crippen LogP contribution in [0.15, 0.2) is 77.7 Å². The number of benzene rings is 3. The Bertz CT molecular complexity index is 1170. The number of nitrogens with one attached hydrogen (secondary N) is 2. The summed E-state index contributed by atoms with van der Waals surface area (Å²) in [6, 6.07) is 21.7. The number of amides is 3. The molecule has 168 valence electrons. The first-order valence-electron chi connectivity index (χ1n) is 10.1. The van der Waals surface area contributed by atoms with E-state index in [9.17, 15) is 14.4 Å². The van der Waals surface area contributed by atoms with Crippen LogP contribution in [0.3, 0.4) is 0 Å². The number of nitrogens with zero attached hydrogens (tertiary/aromatic N) is 1. The van der Waals surface area contributed by atoms with Crippen molar-refractivity contribution in [3.05, 3.63) is 88.9 Å². The van der Waals surface area contributed by atoms with Crippen LogP contribution < -0.4 is 20.5 Å². The van der Waals surface area contributed by atoms with Gasteiger partial charge in [-0.05, 0) is 54.1 Å². The number of thioether (sulfide) groups is 1. The van der Waals surface area contributed by atoms with Crippen LogP contribution in [0.1, 0.15) is 15.9 Å². The number of carbonyl (C=O) groups is 3. The van der Waals surface area contributed by atoms with Crippen LogP contribution in [0.5, 0.6) is 5.75 Å². The van der Waals surface area contributed by atoms with E-state index < -0.39 is 11.8 Å². The molecule has 2 N–H and O–H groups in total. The fraction of sp³-hybridized carbons (Fsp3) is 0.125. The topological polar surface area (TPSA) is 87.7 Å². The fourth-order valence-electron chi connectivity index (χ4n) is 3.16. The zero-order valence-corrected chi connectivity index (χ0v) is 19.0. The zero-order chi connectivity index (χ0) is 23.2. The predicted molar refractivity (Wildman–Crippen MR) is 127 cm³/mol. The molecule has 3 amide bonds. The SMILES string of the molecule is O=C(CN1C(=O)COc2ccccc21)NNC(=O)c1ccc(CSc2ccc(Cl)cc2)cc1. The van der Waals surface area contributed by atoms with Crippen molar-refractivity contribution in [2.24, 2.45) is 0 Å². The number of carbonyl (C=O) groups excluding carboxylic acids is 3. The lowest BCUT2D eigenvalue weighted by Gasteiger charge is -2.28. The summed E-state index contributed by atoms with van der Waals surface area (Å²) in [4.78, 5) is 39.3. The van der Waals surface area contributed by atoms with E-state index in [4.69, 9.17) is 16.3 Å². The number of anilines is 1. The number of para-hydroxylation sites is 2. The van der Waals surface area contributed by atoms with Gasteiger partial charge in [0.25, 0.3) is 17.7 Å². The summed E-state index contributed by atoms with van der Waals surface area (Å²) in [5, 5.41) is 0.697. The van der Waals surface area contributed by atoms with Crippen molar-refractivity contribution < 1.29 is 19.1 Å². The third-order valence-electron chi connectivity index (χ3n) is 4.86. The molecule has 1 aliphatic heterocycles. The number of rotatable bonds is 6. The number of fused-ring (bicyclic) bond motifs is 1. The van der Waals surface area contributed by atoms with Crippen LogP contribution in [-0.4, -0.2) is 30.9 Å². The van der Waals surface area contributed by atoms with Gasteiger partial charge in [-0.15, -0.1) is 11.8 Å². The number of hydrogen-bond acceptors (Lipinski definition) is 5. The Hall–Kier alpha value is -3.49. The van der Waals surface area contributed by atoms with Crippen molar-refractivity contribution >= 4 is 46.8 Å². The zero-order valence-electron chi connectivity index (χ0n) is 17.4. The van der Waals surface area contributed by atoms with E-state index in [-0.39, 0.29) is 19.1 Å². The summed E-state index contributed by atoms with van der Waals surface area (Å²) in [5.74, 6) is -0.0289. The van der Waals surface area contributed by atoms with Gasteiger partial charge in [0.2, 0.25) is 0 Å². The minimum Gasteiger partial charge on any atom is -0.482 e. The minimum absolute atomic E-state index is 0.140. The Morgan fingerprint density at radius 1 is 0.970 bits per heavy atom. The highest BCUT2D eigenvalue weighted by atomic mass is 35.5. The molecule has 3 aromatic rings. The van der Waals surface area contributed by atoms with Gasteiger partial charge in [-0.3, -0.25) is 30.1 Å². The second-order valence-electron chi connectivity index (χ2n) is 7.18. The average Bonchev–Trinajstić information content (AvgIpc) is 2.84. The lowest BCUT2D eigenvalue weighted by molar-refractivity contribution is -0.125. The van der Waals surface area contributed by atoms with Crippen molar-refractivity contribution in [1.29, 1.82) is 0 Å². The largest absolute Gasteiger partial charge is 0.482 e. The van der Waals surface area contributed by atoms with Gasteiger partial charge in [-0.2, -0.15) is 0 Å². The summed E-state index contributed by atoms with van der Waals surface area (Å²) < 4.78 is 5.36. The molecule has 0 saturated heterocycles. The Kier molecular flexibility index (Phi) is 7.16. The average molecular weight is 482 g/mol. The maximum atomic E-state index is 12.4. The van der Waals surface area contributed by atoms with Crippen LogP contribution in [-0.2, 0) is 15.3 Å². The van der Waals surface area contributed by atoms with E-state index in [2.05, 4.69) is 10.9 Å². The molecule has 33 heavy (non-hydrogen) atoms. The number of ether oxygens (including phenoxy) is 1. The first kappa shape index (κ1) is 22.7. The molecule has 0 bridgehead atoms. The van der Waals surface area contributed by atoms with Gasteiger partial charge in [-0.1, -0.05) is 35.9 Å². The Labute approximate surface area is 200 Å². The molecule has 0 fully saturated rings. The van der Waals surface area contributed by atoms with Crippen LogP contribution in [0.25, 0.3) is 0 Å². The second kappa shape index (κ2) is 10.4. The summed E-state index contributed by atoms with van der Waals surface area (Å²) in [5.41, 5.74) is 6.72. The van der Waals surface area contributed by atoms with Crippen LogP contribution in [0.4, 0.5) is 5.69 Å². The van der Waals surface area contributed by atoms with Gasteiger partial charge in [-0.25, -0.2) is 0 Å². The van der Waals surface area contributed by atoms with Gasteiger partial charge in [0.15, 0.2) is 6.61 Å². The molecule has 1 heterocycles. The summed E-state index contributed by atoms with van der Waals surface area (Å²) in [6.07, 6.45) is 0. The molecule has 0 radical (unpaired) electrons. The Morgan fingerprint density at radius 3 is 2.45 bits per heavy atom. The molecular weight excluding hydrogens is 462 g/mol. The van der Waals surface area contributed by atoms with Gasteiger partial charge in [0.1, 0.15) is 12.3 Å². The van der Waals surface area contributed by atoms with Gasteiger partial charge in [0.05, 0.1) is 5.69 Å². The molecule has 7 nitrogen and oxygen atoms in total. The van der Waals surface area contributed by atoms with Crippen LogP contribution in [0, 0.1) is 0 Å². The molecule has 0 aliphatic carbocycles. The Morgan fingerprint density at radius 2 is 1.70 bits per heavy atom. The number of hydrazine groups is 1. The minimum atomic E-state index is -0.524. The molecule has 4 rings (SSSR count). The third kappa shape index (κ3) is 5.85. The van der Waals surface area contributed by atoms with Gasteiger partial charge in [0, 0.05) is 21.2 Å². The molecule has 3 aromatic carbocycles. The summed E-state index contributed by atoms with van der Waals surface area (Å²) >= 11 is 7.57. The maximum absolute atomic E-state index is 12.4. The van der Waals surface area contributed by atoms with Gasteiger partial charge < -0.3 is 4.74 Å². The van der Waals surface area contributed by atoms with Crippen molar-refractivity contribution in [1.82, 2.24) is 10.9 Å². The van der Waals surface area contributed by atoms with Crippen LogP contribution in [0.2, 0.25) is 5.02 Å². The number of halogens is 1. The smallest absolute Gasteiger partial charge is 0.269 e. The highest BCUT2D eigenvalue weighted by Gasteiger charge is 2.27. The van der Waals surface area contributed by atoms with Gasteiger partial charge >= 0.3 is 0 Å². The van der Waals surface area contributed by atoms with E-state index in [1.807, 2.05) is 36.4 Å². The maximum Gasteiger partial charge on any atom is 0.269 e. The molecule has 0 aromatic heterocycles. The molecule has 9 heteroatoms. The van der Waals surface area contributed by atoms with E-state index in [0.29, 0.717) is 22.0 Å².